The van der Waals surface area contributed by atoms with Crippen LogP contribution in [0.4, 0.5) is 21.5 Å². The summed E-state index contributed by atoms with van der Waals surface area (Å²) >= 11 is 0. The van der Waals surface area contributed by atoms with Crippen molar-refractivity contribution >= 4 is 24.1 Å². The lowest BCUT2D eigenvalue weighted by Crippen LogP contribution is -2.36. The third-order valence-corrected chi connectivity index (χ3v) is 3.09. The van der Waals surface area contributed by atoms with Gasteiger partial charge < -0.3 is 19.6 Å². The highest BCUT2D eigenvalue weighted by Crippen LogP contribution is 2.12. The second-order valence-electron chi connectivity index (χ2n) is 4.82. The number of rotatable bonds is 4. The number of amides is 2. The summed E-state index contributed by atoms with van der Waals surface area (Å²) in [6.07, 6.45) is 3.02. The predicted molar refractivity (Wildman–Crippen MR) is 86.4 cm³/mol. The Bertz CT molecular complexity index is 729. The second kappa shape index (κ2) is 8.66. The molecule has 2 rings (SSSR count). The Hall–Kier alpha value is -3.11. The molecule has 0 unspecified atom stereocenters. The van der Waals surface area contributed by atoms with Gasteiger partial charge in [-0.05, 0) is 20.3 Å². The van der Waals surface area contributed by atoms with Gasteiger partial charge in [-0.1, -0.05) is 12.2 Å². The monoisotopic (exact) mass is 352 g/mol. The lowest BCUT2D eigenvalue weighted by molar-refractivity contribution is 0.149. The Balaban J connectivity index is 2.44. The van der Waals surface area contributed by atoms with Crippen molar-refractivity contribution in [2.75, 3.05) is 36.5 Å². The van der Waals surface area contributed by atoms with Gasteiger partial charge in [-0.3, -0.25) is 5.32 Å². The SMILES string of the molecule is CCOC(=O)N=c1nc(N2CC=CCC2)nc(NC(=O)OCC)n1O. The van der Waals surface area contributed by atoms with E-state index in [0.717, 1.165) is 6.42 Å². The maximum absolute atomic E-state index is 11.6. The third kappa shape index (κ3) is 4.93. The van der Waals surface area contributed by atoms with Crippen molar-refractivity contribution in [2.24, 2.45) is 4.99 Å². The molecule has 0 spiro atoms. The molecule has 0 atom stereocenters. The van der Waals surface area contributed by atoms with Crippen molar-refractivity contribution in [3.8, 4) is 0 Å². The smallest absolute Gasteiger partial charge is 0.437 e. The third-order valence-electron chi connectivity index (χ3n) is 3.09. The molecular formula is C14H20N6O5. The minimum Gasteiger partial charge on any atom is -0.450 e. The van der Waals surface area contributed by atoms with E-state index in [1.165, 1.54) is 0 Å². The van der Waals surface area contributed by atoms with E-state index in [9.17, 15) is 14.8 Å². The quantitative estimate of drug-likeness (QED) is 0.604. The number of nitrogens with zero attached hydrogens (tertiary/aromatic N) is 5. The Kier molecular flexibility index (Phi) is 6.32. The van der Waals surface area contributed by atoms with Crippen LogP contribution in [0.2, 0.25) is 0 Å². The Labute approximate surface area is 143 Å². The number of hydrogen-bond donors (Lipinski definition) is 2. The number of carbonyl (C=O) groups is 2. The maximum atomic E-state index is 11.6. The first-order valence-electron chi connectivity index (χ1n) is 7.80. The molecule has 1 aromatic rings. The highest BCUT2D eigenvalue weighted by atomic mass is 16.6. The van der Waals surface area contributed by atoms with E-state index < -0.39 is 12.2 Å². The van der Waals surface area contributed by atoms with Crippen LogP contribution in [0.15, 0.2) is 17.1 Å². The molecule has 25 heavy (non-hydrogen) atoms. The van der Waals surface area contributed by atoms with Crippen LogP contribution >= 0.6 is 0 Å². The van der Waals surface area contributed by atoms with Crippen LogP contribution in [0.3, 0.4) is 0 Å². The average molecular weight is 352 g/mol. The molecule has 0 aliphatic carbocycles. The van der Waals surface area contributed by atoms with Crippen molar-refractivity contribution in [2.45, 2.75) is 20.3 Å². The van der Waals surface area contributed by atoms with E-state index in [1.807, 2.05) is 12.2 Å². The zero-order valence-corrected chi connectivity index (χ0v) is 14.0. The highest BCUT2D eigenvalue weighted by Gasteiger charge is 2.17. The summed E-state index contributed by atoms with van der Waals surface area (Å²) in [6.45, 7) is 4.72. The van der Waals surface area contributed by atoms with Crippen molar-refractivity contribution < 1.29 is 24.3 Å². The maximum Gasteiger partial charge on any atom is 0.437 e. The molecule has 11 heteroatoms. The van der Waals surface area contributed by atoms with Gasteiger partial charge in [0.25, 0.3) is 11.6 Å². The highest BCUT2D eigenvalue weighted by molar-refractivity contribution is 5.82. The van der Waals surface area contributed by atoms with Gasteiger partial charge in [-0.2, -0.15) is 9.97 Å². The molecule has 0 radical (unpaired) electrons. The van der Waals surface area contributed by atoms with Gasteiger partial charge in [0.05, 0.1) is 13.2 Å². The van der Waals surface area contributed by atoms with Gasteiger partial charge in [0.2, 0.25) is 5.95 Å². The van der Waals surface area contributed by atoms with Crippen LogP contribution in [-0.4, -0.2) is 58.4 Å². The van der Waals surface area contributed by atoms with E-state index in [1.54, 1.807) is 18.7 Å². The summed E-state index contributed by atoms with van der Waals surface area (Å²) in [7, 11) is 0. The fourth-order valence-corrected chi connectivity index (χ4v) is 2.01. The van der Waals surface area contributed by atoms with Crippen molar-refractivity contribution in [1.82, 2.24) is 14.7 Å². The summed E-state index contributed by atoms with van der Waals surface area (Å²) in [6, 6.07) is 0. The Morgan fingerprint density at radius 1 is 1.28 bits per heavy atom. The molecule has 0 saturated carbocycles. The fourth-order valence-electron chi connectivity index (χ4n) is 2.01. The largest absolute Gasteiger partial charge is 0.450 e. The number of hydrogen-bond acceptors (Lipinski definition) is 8. The van der Waals surface area contributed by atoms with E-state index in [2.05, 4.69) is 20.3 Å². The molecule has 0 fully saturated rings. The van der Waals surface area contributed by atoms with Gasteiger partial charge in [0, 0.05) is 13.1 Å². The predicted octanol–water partition coefficient (Wildman–Crippen LogP) is 0.907. The summed E-state index contributed by atoms with van der Waals surface area (Å²) < 4.78 is 9.87. The Morgan fingerprint density at radius 2 is 2.04 bits per heavy atom. The van der Waals surface area contributed by atoms with Crippen LogP contribution in [0.1, 0.15) is 20.3 Å². The molecule has 136 valence electrons. The molecule has 11 nitrogen and oxygen atoms in total. The van der Waals surface area contributed by atoms with Crippen molar-refractivity contribution in [3.05, 3.63) is 17.8 Å². The molecule has 0 aromatic carbocycles. The first-order valence-corrected chi connectivity index (χ1v) is 7.80. The number of anilines is 2. The summed E-state index contributed by atoms with van der Waals surface area (Å²) in [5.41, 5.74) is -0.371. The molecule has 1 aliphatic rings. The molecule has 2 N–H and O–H groups in total. The van der Waals surface area contributed by atoms with Gasteiger partial charge in [0.1, 0.15) is 0 Å². The van der Waals surface area contributed by atoms with Gasteiger partial charge >= 0.3 is 12.2 Å². The molecule has 1 aliphatic heterocycles. The molecule has 0 saturated heterocycles. The van der Waals surface area contributed by atoms with Crippen LogP contribution < -0.4 is 15.8 Å². The minimum absolute atomic E-state index is 0.122. The van der Waals surface area contributed by atoms with E-state index in [4.69, 9.17) is 9.47 Å². The standard InChI is InChI=1S/C14H20N6O5/c1-3-24-13(21)17-11-15-10(19-8-6-5-7-9-19)16-12(20(11)23)18-14(22)25-4-2/h5-6,23H,3-4,7-9H2,1-2H3,(H,15,16,17,18,21,22). The van der Waals surface area contributed by atoms with Crippen molar-refractivity contribution in [1.29, 1.82) is 0 Å². The topological polar surface area (TPSA) is 131 Å². The van der Waals surface area contributed by atoms with Crippen LogP contribution in [0, 0.1) is 0 Å². The number of ether oxygens (including phenoxy) is 2. The lowest BCUT2D eigenvalue weighted by Gasteiger charge is -2.23. The van der Waals surface area contributed by atoms with Crippen LogP contribution in [0.5, 0.6) is 0 Å². The van der Waals surface area contributed by atoms with Gasteiger partial charge in [-0.25, -0.2) is 9.59 Å². The van der Waals surface area contributed by atoms with Gasteiger partial charge in [-0.15, -0.1) is 9.72 Å². The van der Waals surface area contributed by atoms with E-state index >= 15 is 0 Å². The number of carbonyl (C=O) groups excluding carboxylic acids is 2. The molecule has 2 amide bonds. The normalized spacial score (nSPS) is 14.3. The van der Waals surface area contributed by atoms with Gasteiger partial charge in [0.15, 0.2) is 0 Å². The molecule has 2 heterocycles. The van der Waals surface area contributed by atoms with E-state index in [-0.39, 0.29) is 30.7 Å². The minimum atomic E-state index is -0.921. The molecular weight excluding hydrogens is 332 g/mol. The first kappa shape index (κ1) is 18.2. The zero-order valence-electron chi connectivity index (χ0n) is 14.0. The summed E-state index contributed by atoms with van der Waals surface area (Å²) in [5, 5.41) is 12.4. The lowest BCUT2D eigenvalue weighted by atomic mass is 10.3. The average Bonchev–Trinajstić information content (AvgIpc) is 2.59. The fraction of sp³-hybridized carbons (Fsp3) is 0.500. The number of nitrogens with one attached hydrogen (secondary N) is 1. The summed E-state index contributed by atoms with van der Waals surface area (Å²) in [4.78, 5) is 36.8. The Morgan fingerprint density at radius 3 is 2.68 bits per heavy atom. The zero-order chi connectivity index (χ0) is 18.2. The second-order valence-corrected chi connectivity index (χ2v) is 4.82. The van der Waals surface area contributed by atoms with Crippen molar-refractivity contribution in [3.63, 3.8) is 0 Å². The van der Waals surface area contributed by atoms with E-state index in [0.29, 0.717) is 17.8 Å². The van der Waals surface area contributed by atoms with Crippen LogP contribution in [-0.2, 0) is 9.47 Å². The summed E-state index contributed by atoms with van der Waals surface area (Å²) in [5.74, 6) is -0.0782. The first-order chi connectivity index (χ1) is 12.0. The number of aromatic nitrogens is 3. The molecule has 0 bridgehead atoms. The molecule has 1 aromatic heterocycles. The van der Waals surface area contributed by atoms with Crippen LogP contribution in [0.25, 0.3) is 0 Å².